The SMILES string of the molecule is NC(NC(c1ccc2ccc(-n3c4ccccc4c4c(-n5c6ccccc6c6ccc7ccccc7c65)c5ccccc5cc43)cc2c1)N1CC1c1ccccc1)c1cccc2ccccc12. The molecular weight excluding hydrogens is 815 g/mol. The smallest absolute Gasteiger partial charge is 0.0881 e. The first-order chi connectivity index (χ1) is 33.2. The number of para-hydroxylation sites is 2. The number of fused-ring (bicyclic) bond motifs is 11. The van der Waals surface area contributed by atoms with Gasteiger partial charge in [0.25, 0.3) is 0 Å². The van der Waals surface area contributed by atoms with E-state index in [-0.39, 0.29) is 12.3 Å². The first-order valence-electron chi connectivity index (χ1n) is 23.4. The molecular formula is C62H45N5. The van der Waals surface area contributed by atoms with E-state index in [0.29, 0.717) is 6.04 Å². The van der Waals surface area contributed by atoms with Crippen molar-refractivity contribution < 1.29 is 0 Å². The molecule has 0 saturated carbocycles. The molecule has 4 atom stereocenters. The number of aromatic nitrogens is 2. The fourth-order valence-corrected chi connectivity index (χ4v) is 11.4. The Bertz CT molecular complexity index is 4100. The molecule has 67 heavy (non-hydrogen) atoms. The van der Waals surface area contributed by atoms with Gasteiger partial charge in [-0.2, -0.15) is 0 Å². The van der Waals surface area contributed by atoms with Gasteiger partial charge in [0.2, 0.25) is 0 Å². The first-order valence-corrected chi connectivity index (χ1v) is 23.4. The minimum absolute atomic E-state index is 0.114. The third-order valence-corrected chi connectivity index (χ3v) is 14.5. The van der Waals surface area contributed by atoms with E-state index < -0.39 is 0 Å². The highest BCUT2D eigenvalue weighted by Crippen LogP contribution is 2.46. The highest BCUT2D eigenvalue weighted by Gasteiger charge is 2.42. The van der Waals surface area contributed by atoms with Crippen LogP contribution < -0.4 is 11.1 Å². The number of nitrogens with zero attached hydrogens (tertiary/aromatic N) is 3. The van der Waals surface area contributed by atoms with Crippen molar-refractivity contribution in [2.75, 3.05) is 6.54 Å². The van der Waals surface area contributed by atoms with Crippen LogP contribution in [0.25, 0.3) is 98.1 Å². The number of nitrogens with one attached hydrogen (secondary N) is 1. The summed E-state index contributed by atoms with van der Waals surface area (Å²) >= 11 is 0. The summed E-state index contributed by atoms with van der Waals surface area (Å²) in [6, 6.07) is 82.5. The topological polar surface area (TPSA) is 50.9 Å². The van der Waals surface area contributed by atoms with Gasteiger partial charge in [0.15, 0.2) is 0 Å². The zero-order valence-electron chi connectivity index (χ0n) is 36.7. The van der Waals surface area contributed by atoms with Gasteiger partial charge >= 0.3 is 0 Å². The number of hydrogen-bond acceptors (Lipinski definition) is 3. The molecule has 14 rings (SSSR count). The van der Waals surface area contributed by atoms with Crippen molar-refractivity contribution >= 4 is 86.7 Å². The van der Waals surface area contributed by atoms with Crippen LogP contribution in [0.2, 0.25) is 0 Å². The molecule has 3 N–H and O–H groups in total. The summed E-state index contributed by atoms with van der Waals surface area (Å²) in [6.07, 6.45) is -0.499. The van der Waals surface area contributed by atoms with E-state index in [1.807, 2.05) is 0 Å². The Hall–Kier alpha value is -8.06. The minimum atomic E-state index is -0.385. The van der Waals surface area contributed by atoms with E-state index >= 15 is 0 Å². The number of benzene rings is 11. The van der Waals surface area contributed by atoms with Crippen LogP contribution in [0.3, 0.4) is 0 Å². The Morgan fingerprint density at radius 2 is 1.06 bits per heavy atom. The maximum absolute atomic E-state index is 7.19. The van der Waals surface area contributed by atoms with Crippen molar-refractivity contribution in [3.05, 3.63) is 241 Å². The quantitative estimate of drug-likeness (QED) is 0.118. The molecule has 1 aliphatic heterocycles. The molecule has 11 aromatic carbocycles. The highest BCUT2D eigenvalue weighted by atomic mass is 15.4. The van der Waals surface area contributed by atoms with E-state index in [0.717, 1.165) is 17.8 Å². The van der Waals surface area contributed by atoms with Gasteiger partial charge in [-0.3, -0.25) is 10.2 Å². The van der Waals surface area contributed by atoms with Gasteiger partial charge in [0.1, 0.15) is 0 Å². The Morgan fingerprint density at radius 3 is 1.88 bits per heavy atom. The standard InChI is InChI=1S/C62H45N5/c63-61(52-26-14-20-40-15-4-7-21-47(40)52)64-62(65-38-57(65)42-17-2-1-3-18-42)44-30-29-39-31-33-46(36-45(39)35-44)66-55-28-13-11-25-53(55)58-56(66)37-43-19-6-9-23-49(43)60(58)67-54-27-12-10-24-50(54)51-34-32-41-16-5-8-22-48(41)59(51)67/h1-37,57,61-62,64H,38,63H2. The normalized spacial score (nSPS) is 16.0. The Kier molecular flexibility index (Phi) is 8.55. The fraction of sp³-hybridized carbons (Fsp3) is 0.0645. The molecule has 2 aromatic heterocycles. The molecule has 13 aromatic rings. The predicted molar refractivity (Wildman–Crippen MR) is 280 cm³/mol. The molecule has 0 amide bonds. The van der Waals surface area contributed by atoms with E-state index in [1.54, 1.807) is 0 Å². The Balaban J connectivity index is 0.970. The van der Waals surface area contributed by atoms with Crippen molar-refractivity contribution in [1.82, 2.24) is 19.4 Å². The van der Waals surface area contributed by atoms with Gasteiger partial charge in [-0.05, 0) is 85.4 Å². The van der Waals surface area contributed by atoms with Crippen LogP contribution in [0.1, 0.15) is 35.1 Å². The molecule has 1 saturated heterocycles. The molecule has 5 nitrogen and oxygen atoms in total. The zero-order valence-corrected chi connectivity index (χ0v) is 36.7. The lowest BCUT2D eigenvalue weighted by molar-refractivity contribution is 0.287. The molecule has 1 fully saturated rings. The van der Waals surface area contributed by atoms with Gasteiger partial charge in [0.05, 0.1) is 40.1 Å². The molecule has 0 bridgehead atoms. The summed E-state index contributed by atoms with van der Waals surface area (Å²) in [7, 11) is 0. The molecule has 0 spiro atoms. The minimum Gasteiger partial charge on any atom is -0.312 e. The maximum Gasteiger partial charge on any atom is 0.0881 e. The van der Waals surface area contributed by atoms with Gasteiger partial charge < -0.3 is 14.9 Å². The largest absolute Gasteiger partial charge is 0.312 e. The number of hydrogen-bond donors (Lipinski definition) is 2. The van der Waals surface area contributed by atoms with Crippen LogP contribution in [-0.2, 0) is 0 Å². The summed E-state index contributed by atoms with van der Waals surface area (Å²) in [5.41, 5.74) is 17.9. The molecule has 0 radical (unpaired) electrons. The van der Waals surface area contributed by atoms with Gasteiger partial charge in [-0.1, -0.05) is 188 Å². The first kappa shape index (κ1) is 38.2. The van der Waals surface area contributed by atoms with Crippen LogP contribution in [0.5, 0.6) is 0 Å². The Labute approximate surface area is 387 Å². The van der Waals surface area contributed by atoms with Crippen molar-refractivity contribution in [3.8, 4) is 11.4 Å². The maximum atomic E-state index is 7.19. The van der Waals surface area contributed by atoms with Crippen LogP contribution in [-0.4, -0.2) is 20.6 Å². The second-order valence-corrected chi connectivity index (χ2v) is 18.3. The molecule has 1 aliphatic rings. The highest BCUT2D eigenvalue weighted by molar-refractivity contribution is 6.24. The summed E-state index contributed by atoms with van der Waals surface area (Å²) in [5, 5.41) is 18.5. The van der Waals surface area contributed by atoms with E-state index in [9.17, 15) is 0 Å². The van der Waals surface area contributed by atoms with Gasteiger partial charge in [0, 0.05) is 50.6 Å². The third-order valence-electron chi connectivity index (χ3n) is 14.5. The van der Waals surface area contributed by atoms with Crippen molar-refractivity contribution in [1.29, 1.82) is 0 Å². The number of rotatable bonds is 8. The van der Waals surface area contributed by atoms with Crippen LogP contribution in [0.15, 0.2) is 224 Å². The Morgan fingerprint density at radius 1 is 0.433 bits per heavy atom. The molecule has 4 unspecified atom stereocenters. The van der Waals surface area contributed by atoms with Crippen LogP contribution in [0, 0.1) is 0 Å². The van der Waals surface area contributed by atoms with Crippen molar-refractivity contribution in [3.63, 3.8) is 0 Å². The third kappa shape index (κ3) is 5.99. The summed E-state index contributed by atoms with van der Waals surface area (Å²) < 4.78 is 5.05. The monoisotopic (exact) mass is 859 g/mol. The average molecular weight is 860 g/mol. The van der Waals surface area contributed by atoms with Crippen molar-refractivity contribution in [2.45, 2.75) is 18.4 Å². The average Bonchev–Trinajstić information content (AvgIpc) is 4.02. The molecule has 3 heterocycles. The van der Waals surface area contributed by atoms with Crippen LogP contribution >= 0.6 is 0 Å². The summed E-state index contributed by atoms with van der Waals surface area (Å²) in [4.78, 5) is 2.53. The lowest BCUT2D eigenvalue weighted by Gasteiger charge is -2.27. The second kappa shape index (κ2) is 15.0. The summed E-state index contributed by atoms with van der Waals surface area (Å²) in [6.45, 7) is 0.946. The van der Waals surface area contributed by atoms with Crippen molar-refractivity contribution in [2.24, 2.45) is 5.73 Å². The molecule has 0 aliphatic carbocycles. The zero-order chi connectivity index (χ0) is 44.2. The predicted octanol–water partition coefficient (Wildman–Crippen LogP) is 14.8. The van der Waals surface area contributed by atoms with E-state index in [2.05, 4.69) is 244 Å². The summed E-state index contributed by atoms with van der Waals surface area (Å²) in [5.74, 6) is 0. The van der Waals surface area contributed by atoms with Gasteiger partial charge in [-0.15, -0.1) is 0 Å². The number of nitrogens with two attached hydrogens (primary N) is 1. The fourth-order valence-electron chi connectivity index (χ4n) is 11.4. The second-order valence-electron chi connectivity index (χ2n) is 18.3. The van der Waals surface area contributed by atoms with E-state index in [1.165, 1.54) is 104 Å². The lowest BCUT2D eigenvalue weighted by Crippen LogP contribution is -2.36. The van der Waals surface area contributed by atoms with E-state index in [4.69, 9.17) is 5.73 Å². The van der Waals surface area contributed by atoms with Crippen LogP contribution in [0.4, 0.5) is 0 Å². The lowest BCUT2D eigenvalue weighted by atomic mass is 10.0. The van der Waals surface area contributed by atoms with Gasteiger partial charge in [-0.25, -0.2) is 0 Å². The molecule has 5 heteroatoms. The molecule has 318 valence electrons.